The van der Waals surface area contributed by atoms with Gasteiger partial charge in [0.1, 0.15) is 12.0 Å². The molecule has 134 heavy (non-hydrogen) atoms. The maximum Gasteiger partial charge on any atom is 0.259 e. The average Bonchev–Trinajstić information content (AvgIpc) is 1.66. The second-order valence-corrected chi connectivity index (χ2v) is 33.7. The topological polar surface area (TPSA) is 226 Å². The van der Waals surface area contributed by atoms with Crippen molar-refractivity contribution in [1.29, 1.82) is 0 Å². The van der Waals surface area contributed by atoms with Crippen LogP contribution in [0.25, 0.3) is 59.4 Å². The molecule has 0 unspecified atom stereocenters. The number of nitrogens with one attached hydrogen (secondary N) is 6. The summed E-state index contributed by atoms with van der Waals surface area (Å²) in [7, 11) is 1.57. The maximum atomic E-state index is 12.8. The molecule has 20 rings (SSSR count). The van der Waals surface area contributed by atoms with E-state index in [1.54, 1.807) is 55.8 Å². The second-order valence-electron chi connectivity index (χ2n) is 32.9. The number of nitrogens with zero attached hydrogens (tertiary/aromatic N) is 7. The zero-order valence-corrected chi connectivity index (χ0v) is 76.7. The molecule has 0 fully saturated rings. The summed E-state index contributed by atoms with van der Waals surface area (Å²) < 4.78 is 21.9. The molecule has 20 aromatic rings. The third-order valence-electron chi connectivity index (χ3n) is 23.1. The number of fused-ring (bicyclic) bond motifs is 5. The summed E-state index contributed by atoms with van der Waals surface area (Å²) in [4.78, 5) is 66.7. The van der Waals surface area contributed by atoms with E-state index in [0.717, 1.165) is 126 Å². The molecular weight excluding hydrogens is 1730 g/mol. The number of amides is 5. The molecule has 0 aliphatic heterocycles. The molecular formula is C113H98BrN13O7. The van der Waals surface area contributed by atoms with Gasteiger partial charge in [-0.15, -0.1) is 0 Å². The molecule has 6 N–H and O–H groups in total. The van der Waals surface area contributed by atoms with E-state index in [9.17, 15) is 24.0 Å². The number of benzene rings is 13. The Bertz CT molecular complexity index is 7640. The van der Waals surface area contributed by atoms with Crippen LogP contribution in [0.4, 0.5) is 34.1 Å². The third-order valence-corrected chi connectivity index (χ3v) is 23.8. The van der Waals surface area contributed by atoms with Gasteiger partial charge in [-0.1, -0.05) is 289 Å². The van der Waals surface area contributed by atoms with Gasteiger partial charge in [0.25, 0.3) is 23.6 Å². The number of anilines is 5. The fourth-order valence-electron chi connectivity index (χ4n) is 16.1. The number of aryl methyl sites for hydroxylation is 6. The van der Waals surface area contributed by atoms with Gasteiger partial charge in [-0.2, -0.15) is 5.10 Å². The normalized spacial score (nSPS) is 10.8. The predicted octanol–water partition coefficient (Wildman–Crippen LogP) is 26.2. The van der Waals surface area contributed by atoms with Crippen molar-refractivity contribution in [3.63, 3.8) is 0 Å². The summed E-state index contributed by atoms with van der Waals surface area (Å²) in [6, 6.07) is 106. The van der Waals surface area contributed by atoms with E-state index in [4.69, 9.17) is 15.7 Å². The summed E-state index contributed by atoms with van der Waals surface area (Å²) in [5.41, 5.74) is 25.3. The number of furan rings is 1. The molecule has 5 amide bonds. The first-order valence-electron chi connectivity index (χ1n) is 43.8. The maximum absolute atomic E-state index is 12.8. The van der Waals surface area contributed by atoms with E-state index >= 15 is 0 Å². The van der Waals surface area contributed by atoms with E-state index in [1.807, 2.05) is 171 Å². The summed E-state index contributed by atoms with van der Waals surface area (Å²) >= 11 is 3.45. The van der Waals surface area contributed by atoms with Crippen LogP contribution in [0.3, 0.4) is 0 Å². The van der Waals surface area contributed by atoms with Gasteiger partial charge in [-0.25, -0.2) is 4.85 Å². The fourth-order valence-corrected chi connectivity index (χ4v) is 16.6. The molecule has 20 nitrogen and oxygen atoms in total. The number of ether oxygens (including phenoxy) is 1. The smallest absolute Gasteiger partial charge is 0.259 e. The van der Waals surface area contributed by atoms with Crippen LogP contribution in [0, 0.1) is 48.1 Å². The van der Waals surface area contributed by atoms with Crippen LogP contribution < -0.4 is 31.3 Å². The molecule has 0 saturated carbocycles. The van der Waals surface area contributed by atoms with Gasteiger partial charge in [0.15, 0.2) is 5.69 Å². The first-order valence-corrected chi connectivity index (χ1v) is 44.6. The molecule has 21 heteroatoms. The molecule has 0 bridgehead atoms. The lowest BCUT2D eigenvalue weighted by atomic mass is 10.1. The molecule has 0 saturated heterocycles. The molecule has 7 aromatic heterocycles. The Labute approximate surface area is 785 Å². The fraction of sp³-hybridized carbons (Fsp3) is 0.106. The van der Waals surface area contributed by atoms with Crippen LogP contribution in [0.2, 0.25) is 0 Å². The molecule has 0 aliphatic carbocycles. The monoisotopic (exact) mass is 1830 g/mol. The highest BCUT2D eigenvalue weighted by molar-refractivity contribution is 9.10. The standard InChI is InChI=1S/C24H19N3O.C24H22N2O2.C23H19BrN2O.C21H20N4O.C21H18N2O2/c1-17-11-13-18(14-12-17)15-27-16-22(19-7-4-6-10-23(19)27)26-24(28)20-8-3-5-9-21(20)25-2;1-17-11-13-18(14-12-17)15-26-16-21(19-7-3-5-9-22(19)26)25-24(27)20-8-4-6-10-23(20)28-2;1-16-10-12-17(13-11-16)14-26-15-21(19-7-3-5-9-22(19)26)25-23(27)18-6-2-4-8-20(18)24;1-14-7-9-16(10-8-14)12-25-13-19(17-5-3-4-6-20(17)25)23-21(26)18-11-22-24-15(18)2;1-15-5-4-6-16(11-15)12-23-13-19(18-7-2-3-8-20(18)23)22-21(24)17-9-10-25-14-17/h3-14,16H,15H2,1H3,(H,26,28);3-14,16H,15H2,1-2H3,(H,25,27);2-13,15H,14H2,1H3,(H,25,27);3-11,13H,12H2,1-2H3,(H,22,24)(H,23,26);2-11,13-14H,12H2,1H3,(H,22,24). The van der Waals surface area contributed by atoms with Crippen LogP contribution >= 0.6 is 15.9 Å². The predicted molar refractivity (Wildman–Crippen MR) is 543 cm³/mol. The van der Waals surface area contributed by atoms with E-state index < -0.39 is 0 Å². The van der Waals surface area contributed by atoms with Crippen LogP contribution in [0.5, 0.6) is 5.75 Å². The lowest BCUT2D eigenvalue weighted by Crippen LogP contribution is -2.12. The van der Waals surface area contributed by atoms with Crippen LogP contribution in [-0.2, 0) is 32.7 Å². The van der Waals surface area contributed by atoms with Crippen LogP contribution in [-0.4, -0.2) is 69.7 Å². The number of rotatable bonds is 21. The number of carbonyl (C=O) groups is 5. The lowest BCUT2D eigenvalue weighted by Gasteiger charge is -2.08. The van der Waals surface area contributed by atoms with Gasteiger partial charge in [-0.3, -0.25) is 29.1 Å². The number of H-pyrrole nitrogens is 1. The zero-order chi connectivity index (χ0) is 93.1. The minimum atomic E-state index is -0.273. The Morgan fingerprint density at radius 2 is 0.679 bits per heavy atom. The molecule has 0 atom stereocenters. The first-order chi connectivity index (χ1) is 65.2. The Morgan fingerprint density at radius 3 is 1.04 bits per heavy atom. The van der Waals surface area contributed by atoms with E-state index in [-0.39, 0.29) is 29.5 Å². The molecule has 0 radical (unpaired) electrons. The van der Waals surface area contributed by atoms with Gasteiger partial charge in [0, 0.05) is 106 Å². The largest absolute Gasteiger partial charge is 0.496 e. The van der Waals surface area contributed by atoms with E-state index in [2.05, 4.69) is 261 Å². The number of hydrogen-bond acceptors (Lipinski definition) is 8. The van der Waals surface area contributed by atoms with Gasteiger partial charge < -0.3 is 58.6 Å². The molecule has 0 spiro atoms. The number of aromatic amines is 1. The number of halogens is 1. The molecule has 0 aliphatic rings. The quantitative estimate of drug-likeness (QED) is 0.0379. The number of para-hydroxylation sites is 7. The number of hydrogen-bond donors (Lipinski definition) is 6. The van der Waals surface area contributed by atoms with Gasteiger partial charge in [0.2, 0.25) is 5.91 Å². The highest BCUT2D eigenvalue weighted by Gasteiger charge is 2.22. The van der Waals surface area contributed by atoms with Crippen molar-refractivity contribution >= 4 is 134 Å². The van der Waals surface area contributed by atoms with Gasteiger partial charge in [0.05, 0.1) is 104 Å². The minimum absolute atomic E-state index is 0.124. The van der Waals surface area contributed by atoms with Crippen molar-refractivity contribution in [2.24, 2.45) is 0 Å². The third kappa shape index (κ3) is 21.8. The highest BCUT2D eigenvalue weighted by Crippen LogP contribution is 2.35. The van der Waals surface area contributed by atoms with E-state index in [1.165, 1.54) is 68.2 Å². The summed E-state index contributed by atoms with van der Waals surface area (Å²) in [5.74, 6) is -0.355. The molecule has 664 valence electrons. The van der Waals surface area contributed by atoms with Crippen LogP contribution in [0.15, 0.2) is 380 Å². The van der Waals surface area contributed by atoms with Gasteiger partial charge in [-0.05, 0) is 146 Å². The lowest BCUT2D eigenvalue weighted by molar-refractivity contribution is 0.101. The van der Waals surface area contributed by atoms with Crippen molar-refractivity contribution in [3.8, 4) is 5.75 Å². The van der Waals surface area contributed by atoms with Crippen molar-refractivity contribution < 1.29 is 33.1 Å². The molecule has 7 heterocycles. The molecule has 13 aromatic carbocycles. The van der Waals surface area contributed by atoms with Crippen molar-refractivity contribution in [2.45, 2.75) is 74.3 Å². The highest BCUT2D eigenvalue weighted by atomic mass is 79.9. The average molecular weight is 1830 g/mol. The summed E-state index contributed by atoms with van der Waals surface area (Å²) in [6.45, 7) is 23.2. The van der Waals surface area contributed by atoms with Crippen molar-refractivity contribution in [3.05, 3.63) is 476 Å². The zero-order valence-electron chi connectivity index (χ0n) is 75.1. The van der Waals surface area contributed by atoms with Crippen molar-refractivity contribution in [1.82, 2.24) is 33.0 Å². The minimum Gasteiger partial charge on any atom is -0.496 e. The summed E-state index contributed by atoms with van der Waals surface area (Å²) in [6.07, 6.45) is 14.5. The SMILES string of the molecule is COc1ccccc1C(=O)Nc1cn(Cc2ccc(C)cc2)c2ccccc12.Cc1ccc(Cn2cc(NC(=O)c3ccccc3Br)c3ccccc32)cc1.Cc1ccc(Cn2cc(NC(=O)c3cn[nH]c3C)c3ccccc32)cc1.Cc1cccc(Cn2cc(NC(=O)c3ccoc3)c3ccccc32)c1.[C-]#[N+]c1ccccc1C(=O)Nc1cn(Cc2ccc(C)cc2)c2ccccc12. The first kappa shape index (κ1) is 90.5. The Hall–Kier alpha value is -16.8. The van der Waals surface area contributed by atoms with Crippen molar-refractivity contribution in [2.75, 3.05) is 33.7 Å². The summed E-state index contributed by atoms with van der Waals surface area (Å²) in [5, 5.41) is 26.9. The van der Waals surface area contributed by atoms with Gasteiger partial charge >= 0.3 is 0 Å². The Kier molecular flexibility index (Phi) is 28.5. The number of carbonyl (C=O) groups excluding carboxylic acids is 5. The van der Waals surface area contributed by atoms with Crippen LogP contribution in [0.1, 0.15) is 113 Å². The Morgan fingerprint density at radius 1 is 0.351 bits per heavy atom. The number of methoxy groups -OCH3 is 1. The van der Waals surface area contributed by atoms with E-state index in [0.29, 0.717) is 39.3 Å². The number of aromatic nitrogens is 7. The second kappa shape index (κ2) is 42.2. The Balaban J connectivity index is 0.000000122.